The first-order valence-electron chi connectivity index (χ1n) is 13.4. The minimum Gasteiger partial charge on any atom is -0.478 e. The SMILES string of the molecule is Cc1cc(NC(=O)CN2N=C(C3CCCCC3)c3ccccc3N(CC(=O)C(C)(C)C)C2=O)cc(C(=O)O)c1. The number of carboxylic acid groups (broad SMARTS) is 1. The number of rotatable bonds is 7. The van der Waals surface area contributed by atoms with Crippen LogP contribution in [-0.2, 0) is 9.59 Å². The maximum Gasteiger partial charge on any atom is 0.345 e. The van der Waals surface area contributed by atoms with Crippen molar-refractivity contribution >= 4 is 40.8 Å². The minimum absolute atomic E-state index is 0.0519. The summed E-state index contributed by atoms with van der Waals surface area (Å²) in [6.45, 7) is 6.64. The summed E-state index contributed by atoms with van der Waals surface area (Å²) in [5.41, 5.74) is 2.54. The molecule has 2 aromatic rings. The highest BCUT2D eigenvalue weighted by Gasteiger charge is 2.36. The van der Waals surface area contributed by atoms with Crippen molar-refractivity contribution in [1.82, 2.24) is 5.01 Å². The number of carbonyl (C=O) groups is 4. The van der Waals surface area contributed by atoms with Gasteiger partial charge in [0, 0.05) is 22.6 Å². The van der Waals surface area contributed by atoms with Gasteiger partial charge in [-0.05, 0) is 49.6 Å². The van der Waals surface area contributed by atoms with Crippen LogP contribution in [0.3, 0.4) is 0 Å². The van der Waals surface area contributed by atoms with Crippen LogP contribution in [0.15, 0.2) is 47.6 Å². The molecule has 1 fully saturated rings. The number of aromatic carboxylic acids is 1. The third-order valence-electron chi connectivity index (χ3n) is 7.18. The molecule has 3 amide bonds. The number of para-hydroxylation sites is 1. The number of hydrogen-bond donors (Lipinski definition) is 2. The molecule has 0 radical (unpaired) electrons. The van der Waals surface area contributed by atoms with E-state index in [-0.39, 0.29) is 30.4 Å². The van der Waals surface area contributed by atoms with Gasteiger partial charge < -0.3 is 10.4 Å². The molecular weight excluding hydrogens is 496 g/mol. The van der Waals surface area contributed by atoms with E-state index in [2.05, 4.69) is 5.32 Å². The number of hydrogen-bond acceptors (Lipinski definition) is 5. The summed E-state index contributed by atoms with van der Waals surface area (Å²) < 4.78 is 0. The number of ketones is 1. The first kappa shape index (κ1) is 28.0. The topological polar surface area (TPSA) is 119 Å². The third-order valence-corrected chi connectivity index (χ3v) is 7.18. The third kappa shape index (κ3) is 6.53. The van der Waals surface area contributed by atoms with Crippen LogP contribution in [0.1, 0.15) is 74.4 Å². The van der Waals surface area contributed by atoms with Crippen LogP contribution in [0.2, 0.25) is 0 Å². The molecule has 0 bridgehead atoms. The van der Waals surface area contributed by atoms with E-state index < -0.39 is 23.3 Å². The molecule has 1 aliphatic heterocycles. The van der Waals surface area contributed by atoms with Crippen molar-refractivity contribution in [3.63, 3.8) is 0 Å². The standard InChI is InChI=1S/C30H36N4O5/c1-19-14-21(28(37)38)16-22(15-19)31-26(36)18-34-29(39)33(17-25(35)30(2,3)4)24-13-9-8-12-23(24)27(32-34)20-10-6-5-7-11-20/h8-9,12-16,20H,5-7,10-11,17-18H2,1-4H3,(H,31,36)(H,37,38). The summed E-state index contributed by atoms with van der Waals surface area (Å²) in [4.78, 5) is 53.1. The summed E-state index contributed by atoms with van der Waals surface area (Å²) >= 11 is 0. The molecule has 1 heterocycles. The highest BCUT2D eigenvalue weighted by molar-refractivity contribution is 6.13. The Morgan fingerprint density at radius 1 is 1.03 bits per heavy atom. The number of amides is 3. The molecule has 2 N–H and O–H groups in total. The van der Waals surface area contributed by atoms with Gasteiger partial charge in [-0.3, -0.25) is 14.5 Å². The fourth-order valence-electron chi connectivity index (χ4n) is 5.02. The molecule has 0 atom stereocenters. The van der Waals surface area contributed by atoms with Gasteiger partial charge in [0.05, 0.1) is 23.5 Å². The van der Waals surface area contributed by atoms with Crippen LogP contribution in [0.25, 0.3) is 0 Å². The molecule has 0 aromatic heterocycles. The number of aryl methyl sites for hydroxylation is 1. The van der Waals surface area contributed by atoms with Crippen molar-refractivity contribution in [2.45, 2.75) is 59.8 Å². The highest BCUT2D eigenvalue weighted by atomic mass is 16.4. The van der Waals surface area contributed by atoms with Gasteiger partial charge in [-0.1, -0.05) is 58.2 Å². The molecule has 9 nitrogen and oxygen atoms in total. The van der Waals surface area contributed by atoms with Gasteiger partial charge in [0.25, 0.3) is 0 Å². The van der Waals surface area contributed by atoms with Gasteiger partial charge in [-0.25, -0.2) is 14.6 Å². The maximum atomic E-state index is 13.9. The molecule has 39 heavy (non-hydrogen) atoms. The van der Waals surface area contributed by atoms with E-state index in [1.165, 1.54) is 17.0 Å². The number of fused-ring (bicyclic) bond motifs is 1. The number of urea groups is 1. The van der Waals surface area contributed by atoms with Crippen molar-refractivity contribution in [2.24, 2.45) is 16.4 Å². The van der Waals surface area contributed by atoms with E-state index >= 15 is 0 Å². The van der Waals surface area contributed by atoms with E-state index in [1.807, 2.05) is 45.0 Å². The number of nitrogens with zero attached hydrogens (tertiary/aromatic N) is 3. The Hall–Kier alpha value is -4.01. The monoisotopic (exact) mass is 532 g/mol. The molecule has 9 heteroatoms. The Bertz CT molecular complexity index is 1320. The average molecular weight is 533 g/mol. The zero-order valence-corrected chi connectivity index (χ0v) is 23.0. The first-order valence-corrected chi connectivity index (χ1v) is 13.4. The molecule has 1 aliphatic carbocycles. The van der Waals surface area contributed by atoms with E-state index in [1.54, 1.807) is 13.0 Å². The summed E-state index contributed by atoms with van der Waals surface area (Å²) in [7, 11) is 0. The smallest absolute Gasteiger partial charge is 0.345 e. The lowest BCUT2D eigenvalue weighted by Gasteiger charge is -2.28. The van der Waals surface area contributed by atoms with E-state index in [0.29, 0.717) is 16.9 Å². The van der Waals surface area contributed by atoms with Crippen LogP contribution in [-0.4, -0.2) is 52.6 Å². The molecule has 4 rings (SSSR count). The Kier molecular flexibility index (Phi) is 8.18. The zero-order valence-electron chi connectivity index (χ0n) is 23.0. The second-order valence-electron chi connectivity index (χ2n) is 11.4. The largest absolute Gasteiger partial charge is 0.478 e. The Morgan fingerprint density at radius 3 is 2.38 bits per heavy atom. The van der Waals surface area contributed by atoms with Crippen molar-refractivity contribution in [3.05, 3.63) is 59.2 Å². The summed E-state index contributed by atoms with van der Waals surface area (Å²) in [6.07, 6.45) is 5.14. The molecule has 0 spiro atoms. The lowest BCUT2D eigenvalue weighted by Crippen LogP contribution is -2.47. The summed E-state index contributed by atoms with van der Waals surface area (Å²) in [5, 5.41) is 18.0. The Balaban J connectivity index is 1.70. The predicted molar refractivity (Wildman–Crippen MR) is 150 cm³/mol. The average Bonchev–Trinajstić information content (AvgIpc) is 2.99. The van der Waals surface area contributed by atoms with Crippen molar-refractivity contribution in [2.75, 3.05) is 23.3 Å². The number of carboxylic acids is 1. The van der Waals surface area contributed by atoms with Crippen LogP contribution >= 0.6 is 0 Å². The lowest BCUT2D eigenvalue weighted by molar-refractivity contribution is -0.124. The number of anilines is 2. The van der Waals surface area contributed by atoms with E-state index in [4.69, 9.17) is 5.10 Å². The molecule has 0 unspecified atom stereocenters. The van der Waals surface area contributed by atoms with E-state index in [0.717, 1.165) is 48.4 Å². The van der Waals surface area contributed by atoms with Crippen LogP contribution in [0.5, 0.6) is 0 Å². The molecule has 2 aliphatic rings. The lowest BCUT2D eigenvalue weighted by atomic mass is 9.83. The second kappa shape index (κ2) is 11.4. The normalized spacial score (nSPS) is 16.3. The summed E-state index contributed by atoms with van der Waals surface area (Å²) in [6, 6.07) is 11.5. The molecule has 0 saturated heterocycles. The highest BCUT2D eigenvalue weighted by Crippen LogP contribution is 2.34. The van der Waals surface area contributed by atoms with Crippen LogP contribution < -0.4 is 10.2 Å². The number of hydrazone groups is 1. The fourth-order valence-corrected chi connectivity index (χ4v) is 5.02. The van der Waals surface area contributed by atoms with E-state index in [9.17, 15) is 24.3 Å². The van der Waals surface area contributed by atoms with Gasteiger partial charge >= 0.3 is 12.0 Å². The Morgan fingerprint density at radius 2 is 1.72 bits per heavy atom. The van der Waals surface area contributed by atoms with Gasteiger partial charge in [0.15, 0.2) is 5.78 Å². The molecule has 2 aromatic carbocycles. The zero-order chi connectivity index (χ0) is 28.3. The first-order chi connectivity index (χ1) is 18.4. The van der Waals surface area contributed by atoms with Crippen molar-refractivity contribution in [3.8, 4) is 0 Å². The fraction of sp³-hybridized carbons (Fsp3) is 0.433. The number of carbonyl (C=O) groups excluding carboxylic acids is 3. The minimum atomic E-state index is -1.10. The summed E-state index contributed by atoms with van der Waals surface area (Å²) in [5.74, 6) is -1.61. The van der Waals surface area contributed by atoms with Gasteiger partial charge in [-0.2, -0.15) is 5.10 Å². The number of benzene rings is 2. The maximum absolute atomic E-state index is 13.9. The predicted octanol–water partition coefficient (Wildman–Crippen LogP) is 5.47. The molecule has 1 saturated carbocycles. The number of Topliss-reactive ketones (excluding diaryl/α,β-unsaturated/α-hetero) is 1. The van der Waals surface area contributed by atoms with Crippen molar-refractivity contribution in [1.29, 1.82) is 0 Å². The number of nitrogens with one attached hydrogen (secondary N) is 1. The van der Waals surface area contributed by atoms with Crippen molar-refractivity contribution < 1.29 is 24.3 Å². The Labute approximate surface area is 228 Å². The van der Waals surface area contributed by atoms with Crippen LogP contribution in [0, 0.1) is 18.3 Å². The van der Waals surface area contributed by atoms with Gasteiger partial charge in [0.2, 0.25) is 5.91 Å². The van der Waals surface area contributed by atoms with Crippen LogP contribution in [0.4, 0.5) is 16.2 Å². The second-order valence-corrected chi connectivity index (χ2v) is 11.4. The van der Waals surface area contributed by atoms with Gasteiger partial charge in [-0.15, -0.1) is 0 Å². The quantitative estimate of drug-likeness (QED) is 0.490. The van der Waals surface area contributed by atoms with Gasteiger partial charge in [0.1, 0.15) is 6.54 Å². The molecule has 206 valence electrons. The molecular formula is C30H36N4O5.